The van der Waals surface area contributed by atoms with Crippen molar-refractivity contribution in [3.63, 3.8) is 0 Å². The van der Waals surface area contributed by atoms with Crippen molar-refractivity contribution in [3.05, 3.63) is 30.1 Å². The molecule has 0 aliphatic heterocycles. The number of hydrazone groups is 1. The SMILES string of the molecule is O=C(N/N=C\c1ccncc1)C1[C@H]2CCCCCC[C@@H]12. The lowest BCUT2D eigenvalue weighted by Gasteiger charge is -2.04. The van der Waals surface area contributed by atoms with E-state index >= 15 is 0 Å². The Bertz CT molecular complexity index is 472. The Kier molecular flexibility index (Phi) is 4.09. The molecular weight excluding hydrogens is 250 g/mol. The van der Waals surface area contributed by atoms with Gasteiger partial charge >= 0.3 is 0 Å². The van der Waals surface area contributed by atoms with Gasteiger partial charge in [0.1, 0.15) is 0 Å². The number of pyridine rings is 1. The van der Waals surface area contributed by atoms with Gasteiger partial charge in [0.25, 0.3) is 0 Å². The quantitative estimate of drug-likeness (QED) is 0.679. The van der Waals surface area contributed by atoms with Crippen molar-refractivity contribution in [2.24, 2.45) is 22.9 Å². The van der Waals surface area contributed by atoms with Crippen LogP contribution in [0.1, 0.15) is 44.1 Å². The summed E-state index contributed by atoms with van der Waals surface area (Å²) in [5, 5.41) is 4.06. The molecule has 1 amide bonds. The molecule has 2 saturated carbocycles. The summed E-state index contributed by atoms with van der Waals surface area (Å²) in [7, 11) is 0. The second-order valence-electron chi connectivity index (χ2n) is 5.86. The number of fused-ring (bicyclic) bond motifs is 1. The van der Waals surface area contributed by atoms with Gasteiger partial charge in [-0.3, -0.25) is 9.78 Å². The normalized spacial score (nSPS) is 29.3. The maximum absolute atomic E-state index is 12.1. The van der Waals surface area contributed by atoms with E-state index < -0.39 is 0 Å². The van der Waals surface area contributed by atoms with E-state index in [0.717, 1.165) is 5.56 Å². The first-order valence-corrected chi connectivity index (χ1v) is 7.59. The number of carbonyl (C=O) groups is 1. The molecule has 4 nitrogen and oxygen atoms in total. The predicted molar refractivity (Wildman–Crippen MR) is 78.1 cm³/mol. The summed E-state index contributed by atoms with van der Waals surface area (Å²) in [4.78, 5) is 16.1. The minimum Gasteiger partial charge on any atom is -0.273 e. The van der Waals surface area contributed by atoms with Gasteiger partial charge < -0.3 is 0 Å². The van der Waals surface area contributed by atoms with Crippen molar-refractivity contribution < 1.29 is 4.79 Å². The van der Waals surface area contributed by atoms with E-state index in [1.54, 1.807) is 18.6 Å². The highest BCUT2D eigenvalue weighted by atomic mass is 16.2. The van der Waals surface area contributed by atoms with Gasteiger partial charge in [-0.25, -0.2) is 5.43 Å². The average molecular weight is 271 g/mol. The van der Waals surface area contributed by atoms with Crippen molar-refractivity contribution >= 4 is 12.1 Å². The van der Waals surface area contributed by atoms with Crippen LogP contribution in [-0.4, -0.2) is 17.1 Å². The number of amides is 1. The zero-order valence-corrected chi connectivity index (χ0v) is 11.7. The summed E-state index contributed by atoms with van der Waals surface area (Å²) in [6.45, 7) is 0. The van der Waals surface area contributed by atoms with Crippen LogP contribution >= 0.6 is 0 Å². The molecular formula is C16H21N3O. The van der Waals surface area contributed by atoms with E-state index in [1.165, 1.54) is 38.5 Å². The predicted octanol–water partition coefficient (Wildman–Crippen LogP) is 2.75. The van der Waals surface area contributed by atoms with Gasteiger partial charge in [-0.2, -0.15) is 5.10 Å². The van der Waals surface area contributed by atoms with Crippen LogP contribution < -0.4 is 5.43 Å². The molecule has 0 spiro atoms. The molecule has 0 aromatic carbocycles. The van der Waals surface area contributed by atoms with Crippen LogP contribution in [0.4, 0.5) is 0 Å². The number of hydrogen-bond donors (Lipinski definition) is 1. The lowest BCUT2D eigenvalue weighted by Crippen LogP contribution is -2.21. The lowest BCUT2D eigenvalue weighted by atomic mass is 10.0. The van der Waals surface area contributed by atoms with Gasteiger partial charge in [-0.05, 0) is 42.4 Å². The van der Waals surface area contributed by atoms with Crippen LogP contribution in [0.25, 0.3) is 0 Å². The highest BCUT2D eigenvalue weighted by Crippen LogP contribution is 2.53. The Balaban J connectivity index is 1.51. The van der Waals surface area contributed by atoms with E-state index in [9.17, 15) is 4.79 Å². The third kappa shape index (κ3) is 3.06. The Morgan fingerprint density at radius 3 is 2.45 bits per heavy atom. The molecule has 1 heterocycles. The molecule has 1 N–H and O–H groups in total. The summed E-state index contributed by atoms with van der Waals surface area (Å²) in [6.07, 6.45) is 12.8. The fourth-order valence-corrected chi connectivity index (χ4v) is 3.43. The van der Waals surface area contributed by atoms with Crippen LogP contribution in [0.5, 0.6) is 0 Å². The number of aromatic nitrogens is 1. The minimum atomic E-state index is 0.104. The summed E-state index contributed by atoms with van der Waals surface area (Å²) in [5.41, 5.74) is 3.65. The molecule has 106 valence electrons. The van der Waals surface area contributed by atoms with Crippen molar-refractivity contribution in [2.45, 2.75) is 38.5 Å². The molecule has 4 heteroatoms. The number of hydrogen-bond acceptors (Lipinski definition) is 3. The Hall–Kier alpha value is -1.71. The van der Waals surface area contributed by atoms with Crippen molar-refractivity contribution in [3.8, 4) is 0 Å². The van der Waals surface area contributed by atoms with E-state index in [-0.39, 0.29) is 11.8 Å². The zero-order valence-electron chi connectivity index (χ0n) is 11.7. The smallest absolute Gasteiger partial charge is 0.243 e. The molecule has 0 radical (unpaired) electrons. The monoisotopic (exact) mass is 271 g/mol. The van der Waals surface area contributed by atoms with E-state index in [4.69, 9.17) is 0 Å². The van der Waals surface area contributed by atoms with Crippen molar-refractivity contribution in [2.75, 3.05) is 0 Å². The molecule has 1 aromatic rings. The maximum Gasteiger partial charge on any atom is 0.243 e. The van der Waals surface area contributed by atoms with Crippen LogP contribution in [-0.2, 0) is 4.79 Å². The molecule has 1 aromatic heterocycles. The summed E-state index contributed by atoms with van der Waals surface area (Å²) in [5.74, 6) is 1.55. The Morgan fingerprint density at radius 1 is 1.15 bits per heavy atom. The van der Waals surface area contributed by atoms with Gasteiger partial charge in [0.05, 0.1) is 6.21 Å². The first kappa shape index (κ1) is 13.3. The van der Waals surface area contributed by atoms with E-state index in [1.807, 2.05) is 12.1 Å². The van der Waals surface area contributed by atoms with Crippen molar-refractivity contribution in [1.29, 1.82) is 0 Å². The maximum atomic E-state index is 12.1. The third-order valence-electron chi connectivity index (χ3n) is 4.55. The van der Waals surface area contributed by atoms with Gasteiger partial charge in [-0.1, -0.05) is 25.7 Å². The van der Waals surface area contributed by atoms with Gasteiger partial charge in [0.2, 0.25) is 5.91 Å². The summed E-state index contributed by atoms with van der Waals surface area (Å²) in [6, 6.07) is 3.72. The summed E-state index contributed by atoms with van der Waals surface area (Å²) >= 11 is 0. The lowest BCUT2D eigenvalue weighted by molar-refractivity contribution is -0.122. The number of nitrogens with zero attached hydrogens (tertiary/aromatic N) is 2. The Labute approximate surface area is 119 Å². The average Bonchev–Trinajstić information content (AvgIpc) is 3.11. The first-order valence-electron chi connectivity index (χ1n) is 7.59. The van der Waals surface area contributed by atoms with Gasteiger partial charge in [0, 0.05) is 18.3 Å². The highest BCUT2D eigenvalue weighted by Gasteiger charge is 2.53. The zero-order chi connectivity index (χ0) is 13.8. The van der Waals surface area contributed by atoms with Crippen LogP contribution in [0, 0.1) is 17.8 Å². The van der Waals surface area contributed by atoms with E-state index in [2.05, 4.69) is 15.5 Å². The number of nitrogens with one attached hydrogen (secondary N) is 1. The largest absolute Gasteiger partial charge is 0.273 e. The second-order valence-corrected chi connectivity index (χ2v) is 5.86. The second kappa shape index (κ2) is 6.16. The molecule has 1 unspecified atom stereocenters. The molecule has 2 aliphatic carbocycles. The molecule has 0 bridgehead atoms. The fourth-order valence-electron chi connectivity index (χ4n) is 3.43. The van der Waals surface area contributed by atoms with Gasteiger partial charge in [-0.15, -0.1) is 0 Å². The first-order chi connectivity index (χ1) is 9.86. The molecule has 3 rings (SSSR count). The number of rotatable bonds is 3. The standard InChI is InChI=1S/C16H21N3O/c20-16(19-18-11-12-7-9-17-10-8-12)15-13-5-3-1-2-4-6-14(13)15/h7-11,13-15H,1-6H2,(H,19,20)/b18-11-/t13-,14+,15?. The summed E-state index contributed by atoms with van der Waals surface area (Å²) < 4.78 is 0. The topological polar surface area (TPSA) is 54.4 Å². The Morgan fingerprint density at radius 2 is 1.80 bits per heavy atom. The van der Waals surface area contributed by atoms with Crippen LogP contribution in [0.15, 0.2) is 29.6 Å². The molecule has 2 fully saturated rings. The van der Waals surface area contributed by atoms with Crippen LogP contribution in [0.2, 0.25) is 0 Å². The molecule has 20 heavy (non-hydrogen) atoms. The van der Waals surface area contributed by atoms with Crippen molar-refractivity contribution in [1.82, 2.24) is 10.4 Å². The molecule has 3 atom stereocenters. The minimum absolute atomic E-state index is 0.104. The molecule has 0 saturated heterocycles. The fraction of sp³-hybridized carbons (Fsp3) is 0.562. The molecule has 2 aliphatic rings. The highest BCUT2D eigenvalue weighted by molar-refractivity contribution is 5.85. The third-order valence-corrected chi connectivity index (χ3v) is 4.55. The van der Waals surface area contributed by atoms with Crippen LogP contribution in [0.3, 0.4) is 0 Å². The number of carbonyl (C=O) groups excluding carboxylic acids is 1. The van der Waals surface area contributed by atoms with E-state index in [0.29, 0.717) is 11.8 Å². The van der Waals surface area contributed by atoms with Gasteiger partial charge in [0.15, 0.2) is 0 Å².